The Balaban J connectivity index is 0.000000281. The first kappa shape index (κ1) is 41.7. The Morgan fingerprint density at radius 2 is 0.958 bits per heavy atom. The minimum Gasteiger partial charge on any atom is -0.273 e. The predicted octanol–water partition coefficient (Wildman–Crippen LogP) is 13.1. The van der Waals surface area contributed by atoms with E-state index in [1.54, 1.807) is 3.21 Å². The second-order valence-electron chi connectivity index (χ2n) is 15.6. The van der Waals surface area contributed by atoms with Gasteiger partial charge in [0.15, 0.2) is 0 Å². The Morgan fingerprint density at radius 3 is 1.25 bits per heavy atom. The second-order valence-corrected chi connectivity index (χ2v) is 16.8. The summed E-state index contributed by atoms with van der Waals surface area (Å²) in [5.41, 5.74) is 6.20. The number of allylic oxidation sites excluding steroid dienone is 4. The summed E-state index contributed by atoms with van der Waals surface area (Å²) < 4.78 is 1.58. The Bertz CT molecular complexity index is 1690. The molecule has 0 spiro atoms. The summed E-state index contributed by atoms with van der Waals surface area (Å²) in [4.78, 5) is 0. The molecule has 5 aromatic carbocycles. The summed E-state index contributed by atoms with van der Waals surface area (Å²) in [6.07, 6.45) is 10.0. The van der Waals surface area contributed by atoms with Gasteiger partial charge in [-0.25, -0.2) is 12.2 Å². The molecular weight excluding hydrogens is 703 g/mol. The van der Waals surface area contributed by atoms with Gasteiger partial charge >= 0.3 is 138 Å². The van der Waals surface area contributed by atoms with Crippen molar-refractivity contribution in [2.24, 2.45) is 0 Å². The molecule has 0 saturated carbocycles. The van der Waals surface area contributed by atoms with Crippen molar-refractivity contribution in [3.05, 3.63) is 150 Å². The van der Waals surface area contributed by atoms with Crippen LogP contribution in [0.4, 0.5) is 0 Å². The summed E-state index contributed by atoms with van der Waals surface area (Å²) in [5, 5.41) is 5.48. The number of rotatable bonds is 4. The van der Waals surface area contributed by atoms with Crippen LogP contribution in [0.25, 0.3) is 21.5 Å². The van der Waals surface area contributed by atoms with Crippen LogP contribution in [0.5, 0.6) is 0 Å². The summed E-state index contributed by atoms with van der Waals surface area (Å²) >= 11 is 1.51. The molecule has 0 N–H and O–H groups in total. The molecule has 1 aliphatic rings. The zero-order valence-electron chi connectivity index (χ0n) is 30.6. The predicted molar refractivity (Wildman–Crippen MR) is 214 cm³/mol. The van der Waals surface area contributed by atoms with Crippen molar-refractivity contribution in [3.63, 3.8) is 0 Å². The molecule has 6 rings (SSSR count). The first-order valence-corrected chi connectivity index (χ1v) is 17.8. The van der Waals surface area contributed by atoms with E-state index < -0.39 is 0 Å². The van der Waals surface area contributed by atoms with Gasteiger partial charge in [0.05, 0.1) is 0 Å². The summed E-state index contributed by atoms with van der Waals surface area (Å²) in [7, 11) is 0. The topological polar surface area (TPSA) is 0 Å². The van der Waals surface area contributed by atoms with E-state index in [1.807, 2.05) is 12.2 Å². The molecule has 0 nitrogen and oxygen atoms in total. The standard InChI is InChI=1S/C21H25.C19H22.C5H5.2ClH.Zr/c1-20(2,3)16-7-9-18-14(12-16)11-15-13-17(21(4,5)6)8-10-19(15)18;1-18(2,16-11-7-5-8-12-16)15-19(3,4)17-13-9-6-10-14-17;1-2-4-5-3-1;;;/h7-13H,1-6H3;5-14H,1-4H3;1-3H,4H2;2*1H;/q-1;;-1;;;+2. The molecule has 0 fully saturated rings. The minimum absolute atomic E-state index is 0. The average molecular weight is 757 g/mol. The maximum atomic E-state index is 2.99. The molecule has 0 bridgehead atoms. The Morgan fingerprint density at radius 1 is 0.562 bits per heavy atom. The van der Waals surface area contributed by atoms with E-state index in [0.717, 1.165) is 6.42 Å². The van der Waals surface area contributed by atoms with E-state index in [4.69, 9.17) is 0 Å². The Kier molecular flexibility index (Phi) is 14.8. The Hall–Kier alpha value is -2.44. The van der Waals surface area contributed by atoms with Crippen LogP contribution in [0.15, 0.2) is 121 Å². The number of halogens is 2. The van der Waals surface area contributed by atoms with E-state index in [0.29, 0.717) is 0 Å². The number of fused-ring (bicyclic) bond motifs is 3. The molecule has 0 atom stereocenters. The molecule has 5 aromatic rings. The van der Waals surface area contributed by atoms with Gasteiger partial charge in [-0.1, -0.05) is 76.9 Å². The van der Waals surface area contributed by atoms with Crippen LogP contribution in [0.1, 0.15) is 97.9 Å². The molecule has 48 heavy (non-hydrogen) atoms. The van der Waals surface area contributed by atoms with Crippen LogP contribution in [0.2, 0.25) is 0 Å². The third kappa shape index (κ3) is 10.1. The van der Waals surface area contributed by atoms with E-state index in [2.05, 4.69) is 185 Å². The maximum Gasteiger partial charge on any atom is -0.109 e. The van der Waals surface area contributed by atoms with Gasteiger partial charge in [0.25, 0.3) is 0 Å². The van der Waals surface area contributed by atoms with Crippen LogP contribution >= 0.6 is 24.8 Å². The van der Waals surface area contributed by atoms with Gasteiger partial charge in [-0.2, -0.15) is 6.08 Å². The first-order valence-electron chi connectivity index (χ1n) is 16.6. The zero-order valence-corrected chi connectivity index (χ0v) is 34.7. The minimum atomic E-state index is 0. The third-order valence-electron chi connectivity index (χ3n) is 9.26. The van der Waals surface area contributed by atoms with Crippen molar-refractivity contribution in [2.75, 3.05) is 0 Å². The molecule has 0 unspecified atom stereocenters. The number of hydrogen-bond donors (Lipinski definition) is 0. The molecular formula is C45H54Cl2Zr. The monoisotopic (exact) mass is 754 g/mol. The quantitative estimate of drug-likeness (QED) is 0.160. The largest absolute Gasteiger partial charge is 0.273 e. The number of hydrogen-bond acceptors (Lipinski definition) is 0. The van der Waals surface area contributed by atoms with Crippen LogP contribution in [0, 0.1) is 6.08 Å². The molecule has 252 valence electrons. The van der Waals surface area contributed by atoms with Crippen molar-refractivity contribution in [2.45, 2.75) is 97.3 Å². The maximum absolute atomic E-state index is 2.99. The molecule has 0 saturated heterocycles. The van der Waals surface area contributed by atoms with Crippen molar-refractivity contribution in [1.29, 1.82) is 0 Å². The van der Waals surface area contributed by atoms with Gasteiger partial charge < -0.3 is 0 Å². The third-order valence-corrected chi connectivity index (χ3v) is 12.3. The molecule has 0 amide bonds. The van der Waals surface area contributed by atoms with E-state index in [9.17, 15) is 0 Å². The number of benzene rings is 4. The fourth-order valence-electron chi connectivity index (χ4n) is 6.08. The Labute approximate surface area is 318 Å². The molecule has 0 aromatic heterocycles. The van der Waals surface area contributed by atoms with Gasteiger partial charge in [0, 0.05) is 0 Å². The van der Waals surface area contributed by atoms with Gasteiger partial charge in [-0.15, -0.1) is 71.0 Å². The van der Waals surface area contributed by atoms with Gasteiger partial charge in [0.1, 0.15) is 0 Å². The van der Waals surface area contributed by atoms with Crippen LogP contribution in [-0.4, -0.2) is 3.21 Å². The van der Waals surface area contributed by atoms with Gasteiger partial charge in [-0.05, 0) is 10.8 Å². The van der Waals surface area contributed by atoms with E-state index in [-0.39, 0.29) is 46.5 Å². The van der Waals surface area contributed by atoms with Crippen molar-refractivity contribution >= 4 is 49.6 Å². The smallest absolute Gasteiger partial charge is 0.109 e. The van der Waals surface area contributed by atoms with Crippen molar-refractivity contribution in [1.82, 2.24) is 0 Å². The van der Waals surface area contributed by atoms with Crippen molar-refractivity contribution < 1.29 is 24.2 Å². The van der Waals surface area contributed by atoms with E-state index >= 15 is 0 Å². The SMILES string of the molecule is CC(C)(C)c1ccc2c(c1)[cH-]c1cc(C(C)(C)C)ccc12.CC(C)([C](=[Zr+2])C(C)(C)c1ccccc1)c1ccccc1.Cl.Cl.[C-]1=CC=CC1. The van der Waals surface area contributed by atoms with E-state index in [1.165, 1.54) is 68.0 Å². The zero-order chi connectivity index (χ0) is 33.8. The molecule has 3 heteroatoms. The molecule has 0 heterocycles. The van der Waals surface area contributed by atoms with Crippen LogP contribution in [-0.2, 0) is 45.9 Å². The first-order chi connectivity index (χ1) is 21.5. The van der Waals surface area contributed by atoms with Gasteiger partial charge in [-0.3, -0.25) is 6.08 Å². The van der Waals surface area contributed by atoms with Crippen LogP contribution in [0.3, 0.4) is 0 Å². The second kappa shape index (κ2) is 17.0. The molecule has 0 radical (unpaired) electrons. The fourth-order valence-corrected chi connectivity index (χ4v) is 6.78. The fraction of sp³-hybridized carbons (Fsp3) is 0.333. The van der Waals surface area contributed by atoms with Crippen LogP contribution < -0.4 is 0 Å². The summed E-state index contributed by atoms with van der Waals surface area (Å²) in [6, 6.07) is 37.9. The summed E-state index contributed by atoms with van der Waals surface area (Å²) in [5.74, 6) is 0. The normalized spacial score (nSPS) is 12.8. The van der Waals surface area contributed by atoms with Gasteiger partial charge in [0.2, 0.25) is 0 Å². The summed E-state index contributed by atoms with van der Waals surface area (Å²) in [6.45, 7) is 23.0. The van der Waals surface area contributed by atoms with Crippen molar-refractivity contribution in [3.8, 4) is 0 Å². The average Bonchev–Trinajstić information content (AvgIpc) is 3.72. The molecule has 0 aliphatic heterocycles. The molecule has 1 aliphatic carbocycles.